The molecule has 49 heavy (non-hydrogen) atoms. The summed E-state index contributed by atoms with van der Waals surface area (Å²) in [6.07, 6.45) is 0. The Morgan fingerprint density at radius 2 is 0.878 bits per heavy atom. The molecule has 0 aliphatic carbocycles. The summed E-state index contributed by atoms with van der Waals surface area (Å²) in [6, 6.07) is 47.9. The molecular weight excluding hydrogens is 644 g/mol. The van der Waals surface area contributed by atoms with E-state index >= 15 is 0 Å². The Morgan fingerprint density at radius 3 is 1.27 bits per heavy atom. The maximum Gasteiger partial charge on any atom is 1.09 e. The van der Waals surface area contributed by atoms with E-state index in [-0.39, 0.29) is 11.1 Å². The molecule has 0 atom stereocenters. The highest BCUT2D eigenvalue weighted by Gasteiger charge is 2.54. The molecule has 0 saturated carbocycles. The lowest BCUT2D eigenvalue weighted by molar-refractivity contribution is 0.0531. The van der Waals surface area contributed by atoms with Crippen molar-refractivity contribution >= 4 is 72.8 Å². The van der Waals surface area contributed by atoms with Crippen molar-refractivity contribution in [3.05, 3.63) is 174 Å². The summed E-state index contributed by atoms with van der Waals surface area (Å²) in [5.41, 5.74) is 3.02. The number of aryl methyl sites for hydroxylation is 2. The third-order valence-electron chi connectivity index (χ3n) is 8.38. The van der Waals surface area contributed by atoms with Gasteiger partial charge in [-0.3, -0.25) is 9.97 Å². The van der Waals surface area contributed by atoms with E-state index in [4.69, 9.17) is 11.1 Å². The number of hydrogen-bond acceptors (Lipinski definition) is 7. The highest BCUT2D eigenvalue weighted by molar-refractivity contribution is 7.09. The second kappa shape index (κ2) is 14.0. The van der Waals surface area contributed by atoms with E-state index in [2.05, 4.69) is 9.97 Å². The normalized spacial score (nSPS) is 11.3. The van der Waals surface area contributed by atoms with Gasteiger partial charge in [-0.2, -0.15) is 0 Å². The predicted octanol–water partition coefficient (Wildman–Crippen LogP) is 6.08. The van der Waals surface area contributed by atoms with Crippen LogP contribution in [0, 0.1) is 13.8 Å². The molecule has 0 bridgehead atoms. The highest BCUT2D eigenvalue weighted by atomic mass is 28.4. The average Bonchev–Trinajstić information content (AvgIpc) is 3.14. The molecule has 2 aromatic heterocycles. The molecule has 9 heteroatoms. The van der Waals surface area contributed by atoms with E-state index in [0.29, 0.717) is 11.0 Å². The van der Waals surface area contributed by atoms with Crippen molar-refractivity contribution in [2.45, 2.75) is 13.8 Å². The fraction of sp³-hybridized carbons (Fsp3) is 0.0500. The SMILES string of the molecule is Cc1ccc2cccc(C(=O)[O][Al]([O]C(=O)c3cccc4ccc(C)nc34)[O][Si](c3ccccc3)(c3ccccc3)c3ccccc3)c2n1. The number of carbonyl (C=O) groups is 2. The van der Waals surface area contributed by atoms with Gasteiger partial charge in [0.1, 0.15) is 0 Å². The van der Waals surface area contributed by atoms with Crippen molar-refractivity contribution in [2.24, 2.45) is 0 Å². The monoisotopic (exact) mass is 674 g/mol. The fourth-order valence-corrected chi connectivity index (χ4v) is 12.9. The van der Waals surface area contributed by atoms with Gasteiger partial charge in [0.25, 0.3) is 8.32 Å². The highest BCUT2D eigenvalue weighted by Crippen LogP contribution is 2.22. The maximum absolute atomic E-state index is 14.2. The second-order valence-corrected chi connectivity index (χ2v) is 16.7. The zero-order chi connectivity index (χ0) is 33.8. The molecule has 7 rings (SSSR count). The van der Waals surface area contributed by atoms with Gasteiger partial charge in [0.2, 0.25) is 0 Å². The number of para-hydroxylation sites is 2. The standard InChI is InChI=1S/C18H15OSi.2C11H9NO2.Al/c19-20(16-10-4-1-5-11-16,17-12-6-2-7-13-17)18-14-8-3-9-15-18;2*1-7-5-6-8-3-2-4-9(11(13)14)10(8)12-7;/h1-15H;2*2-6H,1H3,(H,13,14);/q-1;;;+3/p-2. The Balaban J connectivity index is 1.38. The molecule has 7 aromatic rings. The Morgan fingerprint density at radius 1 is 0.490 bits per heavy atom. The number of rotatable bonds is 9. The van der Waals surface area contributed by atoms with Gasteiger partial charge in [-0.05, 0) is 53.7 Å². The molecule has 0 aliphatic heterocycles. The second-order valence-electron chi connectivity index (χ2n) is 11.7. The van der Waals surface area contributed by atoms with Gasteiger partial charge < -0.3 is 11.1 Å². The van der Waals surface area contributed by atoms with Crippen LogP contribution in [0.15, 0.2) is 152 Å². The summed E-state index contributed by atoms with van der Waals surface area (Å²) in [5.74, 6) is -1.37. The van der Waals surface area contributed by atoms with Gasteiger partial charge in [0, 0.05) is 22.2 Å². The molecule has 5 aromatic carbocycles. The van der Waals surface area contributed by atoms with Gasteiger partial charge in [-0.15, -0.1) is 0 Å². The summed E-state index contributed by atoms with van der Waals surface area (Å²) in [5, 5.41) is 4.29. The van der Waals surface area contributed by atoms with Gasteiger partial charge >= 0.3 is 27.1 Å². The van der Waals surface area contributed by atoms with Crippen molar-refractivity contribution in [3.63, 3.8) is 0 Å². The lowest BCUT2D eigenvalue weighted by atomic mass is 10.1. The summed E-state index contributed by atoms with van der Waals surface area (Å²) >= 11 is -3.70. The Labute approximate surface area is 290 Å². The van der Waals surface area contributed by atoms with Crippen molar-refractivity contribution in [1.29, 1.82) is 0 Å². The van der Waals surface area contributed by atoms with Crippen molar-refractivity contribution in [2.75, 3.05) is 0 Å². The largest absolute Gasteiger partial charge is 1.09 e. The first-order valence-electron chi connectivity index (χ1n) is 15.9. The smallest absolute Gasteiger partial charge is 0.558 e. The van der Waals surface area contributed by atoms with Gasteiger partial charge in [0.15, 0.2) is 0 Å². The predicted molar refractivity (Wildman–Crippen MR) is 195 cm³/mol. The Bertz CT molecular complexity index is 2090. The lowest BCUT2D eigenvalue weighted by Gasteiger charge is -2.34. The third kappa shape index (κ3) is 6.53. The molecule has 2 heterocycles. The van der Waals surface area contributed by atoms with Crippen LogP contribution in [0.2, 0.25) is 0 Å². The first kappa shape index (κ1) is 32.1. The minimum Gasteiger partial charge on any atom is -0.558 e. The minimum atomic E-state index is -3.70. The van der Waals surface area contributed by atoms with Crippen LogP contribution in [0.1, 0.15) is 32.1 Å². The van der Waals surface area contributed by atoms with Crippen molar-refractivity contribution in [3.8, 4) is 0 Å². The lowest BCUT2D eigenvalue weighted by Crippen LogP contribution is -2.71. The summed E-state index contributed by atoms with van der Waals surface area (Å²) in [7, 11) is -3.47. The molecule has 0 spiro atoms. The zero-order valence-corrected chi connectivity index (χ0v) is 29.1. The van der Waals surface area contributed by atoms with Crippen LogP contribution < -0.4 is 15.6 Å². The Kier molecular flexibility index (Phi) is 9.16. The van der Waals surface area contributed by atoms with Crippen molar-refractivity contribution < 1.29 is 20.6 Å². The third-order valence-corrected chi connectivity index (χ3v) is 14.8. The summed E-state index contributed by atoms with van der Waals surface area (Å²) in [4.78, 5) is 37.6. The molecule has 0 amide bonds. The van der Waals surface area contributed by atoms with Crippen LogP contribution in [0.3, 0.4) is 0 Å². The van der Waals surface area contributed by atoms with Gasteiger partial charge in [-0.1, -0.05) is 127 Å². The van der Waals surface area contributed by atoms with Crippen LogP contribution in [-0.4, -0.2) is 45.4 Å². The minimum absolute atomic E-state index is 0.257. The number of pyridine rings is 2. The number of fused-ring (bicyclic) bond motifs is 2. The van der Waals surface area contributed by atoms with Crippen LogP contribution in [0.5, 0.6) is 0 Å². The van der Waals surface area contributed by atoms with Crippen LogP contribution >= 0.6 is 0 Å². The number of carbonyl (C=O) groups excluding carboxylic acids is 2. The summed E-state index contributed by atoms with van der Waals surface area (Å²) in [6.45, 7) is 3.73. The van der Waals surface area contributed by atoms with Crippen LogP contribution in [0.25, 0.3) is 21.8 Å². The van der Waals surface area contributed by atoms with E-state index < -0.39 is 35.4 Å². The molecule has 0 saturated heterocycles. The topological polar surface area (TPSA) is 87.6 Å². The molecule has 238 valence electrons. The number of nitrogens with zero attached hydrogens (tertiary/aromatic N) is 2. The fourth-order valence-electron chi connectivity index (χ4n) is 6.06. The van der Waals surface area contributed by atoms with Gasteiger partial charge in [-0.25, -0.2) is 9.59 Å². The maximum atomic E-state index is 14.2. The van der Waals surface area contributed by atoms with E-state index in [0.717, 1.165) is 37.7 Å². The average molecular weight is 675 g/mol. The number of aromatic nitrogens is 2. The molecular formula is C40H31AlN2O5Si. The molecule has 0 N–H and O–H groups in total. The number of benzene rings is 5. The zero-order valence-electron chi connectivity index (χ0n) is 26.9. The molecule has 0 fully saturated rings. The molecule has 7 nitrogen and oxygen atoms in total. The van der Waals surface area contributed by atoms with E-state index in [1.807, 2.05) is 141 Å². The van der Waals surface area contributed by atoms with Gasteiger partial charge in [0.05, 0.1) is 22.2 Å². The quantitative estimate of drug-likeness (QED) is 0.136. The molecule has 0 unspecified atom stereocenters. The number of hydrogen-bond donors (Lipinski definition) is 0. The molecule has 0 radical (unpaired) electrons. The van der Waals surface area contributed by atoms with E-state index in [9.17, 15) is 9.59 Å². The van der Waals surface area contributed by atoms with E-state index in [1.165, 1.54) is 0 Å². The van der Waals surface area contributed by atoms with Crippen LogP contribution in [-0.2, 0) is 11.1 Å². The van der Waals surface area contributed by atoms with E-state index in [1.54, 1.807) is 24.3 Å². The molecule has 0 aliphatic rings. The van der Waals surface area contributed by atoms with Crippen molar-refractivity contribution in [1.82, 2.24) is 9.97 Å². The van der Waals surface area contributed by atoms with Crippen LogP contribution in [0.4, 0.5) is 0 Å². The summed E-state index contributed by atoms with van der Waals surface area (Å²) < 4.78 is 19.7. The Hall–Kier alpha value is -5.43. The first-order valence-corrected chi connectivity index (χ1v) is 19.2. The first-order chi connectivity index (χ1) is 23.9.